The zero-order valence-corrected chi connectivity index (χ0v) is 11.9. The zero-order chi connectivity index (χ0) is 13.8. The number of nitrogens with one attached hydrogen (secondary N) is 2. The third-order valence-electron chi connectivity index (χ3n) is 3.30. The molecular formula is C16H16N2OS. The van der Waals surface area contributed by atoms with Crippen molar-refractivity contribution in [3.05, 3.63) is 58.4 Å². The van der Waals surface area contributed by atoms with Crippen LogP contribution in [0.3, 0.4) is 0 Å². The van der Waals surface area contributed by atoms with Crippen LogP contribution in [0.5, 0.6) is 0 Å². The molecule has 0 unspecified atom stereocenters. The molecule has 0 aliphatic carbocycles. The molecule has 0 atom stereocenters. The fraction of sp³-hybridized carbons (Fsp3) is 0.188. The molecule has 2 heterocycles. The summed E-state index contributed by atoms with van der Waals surface area (Å²) in [5.74, 6) is 0.102. The van der Waals surface area contributed by atoms with Crippen molar-refractivity contribution in [2.24, 2.45) is 0 Å². The van der Waals surface area contributed by atoms with Crippen molar-refractivity contribution < 1.29 is 4.79 Å². The number of carbonyl (C=O) groups excluding carboxylic acids is 1. The average molecular weight is 284 g/mol. The second-order valence-electron chi connectivity index (χ2n) is 4.76. The number of fused-ring (bicyclic) bond motifs is 1. The number of thiophene rings is 1. The van der Waals surface area contributed by atoms with Crippen molar-refractivity contribution in [3.63, 3.8) is 0 Å². The van der Waals surface area contributed by atoms with Crippen LogP contribution in [0.15, 0.2) is 48.0 Å². The standard InChI is InChI=1S/C16H16N2OS/c19-16(18-11-14-2-1-9-20-14)6-4-12-3-5-13-7-8-17-15(13)10-12/h1-3,5,7-10,17H,4,6,11H2,(H,18,19). The lowest BCUT2D eigenvalue weighted by Crippen LogP contribution is -2.22. The third-order valence-corrected chi connectivity index (χ3v) is 4.18. The van der Waals surface area contributed by atoms with Gasteiger partial charge in [-0.2, -0.15) is 0 Å². The molecule has 2 aromatic heterocycles. The molecule has 4 heteroatoms. The molecule has 3 nitrogen and oxygen atoms in total. The first-order valence-electron chi connectivity index (χ1n) is 6.66. The number of carbonyl (C=O) groups is 1. The van der Waals surface area contributed by atoms with Gasteiger partial charge >= 0.3 is 0 Å². The Morgan fingerprint density at radius 2 is 2.20 bits per heavy atom. The summed E-state index contributed by atoms with van der Waals surface area (Å²) in [5, 5.41) is 6.18. The monoisotopic (exact) mass is 284 g/mol. The molecule has 3 rings (SSSR count). The van der Waals surface area contributed by atoms with Crippen LogP contribution in [0.25, 0.3) is 10.9 Å². The molecule has 0 radical (unpaired) electrons. The highest BCUT2D eigenvalue weighted by molar-refractivity contribution is 7.09. The summed E-state index contributed by atoms with van der Waals surface area (Å²) in [7, 11) is 0. The van der Waals surface area contributed by atoms with Crippen LogP contribution >= 0.6 is 11.3 Å². The predicted octanol–water partition coefficient (Wildman–Crippen LogP) is 3.48. The average Bonchev–Trinajstić information content (AvgIpc) is 3.13. The van der Waals surface area contributed by atoms with Gasteiger partial charge in [0.1, 0.15) is 0 Å². The number of rotatable bonds is 5. The van der Waals surface area contributed by atoms with E-state index in [4.69, 9.17) is 0 Å². The molecule has 0 saturated carbocycles. The number of benzene rings is 1. The Kier molecular flexibility index (Phi) is 3.83. The van der Waals surface area contributed by atoms with Crippen molar-refractivity contribution in [3.8, 4) is 0 Å². The first-order chi connectivity index (χ1) is 9.81. The molecule has 0 aliphatic rings. The highest BCUT2D eigenvalue weighted by atomic mass is 32.1. The summed E-state index contributed by atoms with van der Waals surface area (Å²) in [6.07, 6.45) is 3.23. The first kappa shape index (κ1) is 12.9. The van der Waals surface area contributed by atoms with Gasteiger partial charge in [-0.1, -0.05) is 18.2 Å². The summed E-state index contributed by atoms with van der Waals surface area (Å²) in [6, 6.07) is 12.4. The summed E-state index contributed by atoms with van der Waals surface area (Å²) < 4.78 is 0. The van der Waals surface area contributed by atoms with E-state index in [1.54, 1.807) is 11.3 Å². The van der Waals surface area contributed by atoms with Crippen LogP contribution in [-0.4, -0.2) is 10.9 Å². The minimum atomic E-state index is 0.102. The van der Waals surface area contributed by atoms with Crippen LogP contribution in [-0.2, 0) is 17.8 Å². The second-order valence-corrected chi connectivity index (χ2v) is 5.79. The quantitative estimate of drug-likeness (QED) is 0.740. The van der Waals surface area contributed by atoms with Gasteiger partial charge in [-0.25, -0.2) is 0 Å². The maximum Gasteiger partial charge on any atom is 0.220 e. The van der Waals surface area contributed by atoms with Gasteiger partial charge in [-0.05, 0) is 40.9 Å². The minimum absolute atomic E-state index is 0.102. The van der Waals surface area contributed by atoms with Crippen molar-refractivity contribution in [2.45, 2.75) is 19.4 Å². The first-order valence-corrected chi connectivity index (χ1v) is 7.54. The van der Waals surface area contributed by atoms with Crippen LogP contribution in [0.4, 0.5) is 0 Å². The predicted molar refractivity (Wildman–Crippen MR) is 82.8 cm³/mol. The third kappa shape index (κ3) is 3.08. The Balaban J connectivity index is 1.51. The molecule has 20 heavy (non-hydrogen) atoms. The number of hydrogen-bond donors (Lipinski definition) is 2. The van der Waals surface area contributed by atoms with Crippen molar-refractivity contribution in [1.29, 1.82) is 0 Å². The van der Waals surface area contributed by atoms with E-state index in [0.717, 1.165) is 11.9 Å². The fourth-order valence-corrected chi connectivity index (χ4v) is 2.84. The maximum absolute atomic E-state index is 11.8. The van der Waals surface area contributed by atoms with Gasteiger partial charge in [-0.15, -0.1) is 11.3 Å². The van der Waals surface area contributed by atoms with E-state index in [1.807, 2.05) is 29.8 Å². The van der Waals surface area contributed by atoms with E-state index in [0.29, 0.717) is 13.0 Å². The van der Waals surface area contributed by atoms with Crippen LogP contribution < -0.4 is 5.32 Å². The molecule has 1 amide bonds. The Morgan fingerprint density at radius 1 is 1.25 bits per heavy atom. The second kappa shape index (κ2) is 5.92. The molecule has 2 N–H and O–H groups in total. The number of aromatic nitrogens is 1. The van der Waals surface area contributed by atoms with Gasteiger partial charge in [0.05, 0.1) is 6.54 Å². The number of amides is 1. The summed E-state index contributed by atoms with van der Waals surface area (Å²) in [4.78, 5) is 16.2. The molecule has 0 aliphatic heterocycles. The highest BCUT2D eigenvalue weighted by Crippen LogP contribution is 2.15. The molecule has 0 saturated heterocycles. The number of H-pyrrole nitrogens is 1. The van der Waals surface area contributed by atoms with Gasteiger partial charge < -0.3 is 10.3 Å². The van der Waals surface area contributed by atoms with E-state index in [1.165, 1.54) is 15.8 Å². The largest absolute Gasteiger partial charge is 0.361 e. The molecule has 1 aromatic carbocycles. The van der Waals surface area contributed by atoms with Gasteiger partial charge in [0, 0.05) is 23.0 Å². The fourth-order valence-electron chi connectivity index (χ4n) is 2.20. The van der Waals surface area contributed by atoms with E-state index < -0.39 is 0 Å². The maximum atomic E-state index is 11.8. The molecular weight excluding hydrogens is 268 g/mol. The number of aromatic amines is 1. The highest BCUT2D eigenvalue weighted by Gasteiger charge is 2.04. The zero-order valence-electron chi connectivity index (χ0n) is 11.1. The Bertz CT molecular complexity index is 700. The van der Waals surface area contributed by atoms with Crippen molar-refractivity contribution in [1.82, 2.24) is 10.3 Å². The van der Waals surface area contributed by atoms with Gasteiger partial charge in [0.15, 0.2) is 0 Å². The van der Waals surface area contributed by atoms with E-state index in [-0.39, 0.29) is 5.91 Å². The van der Waals surface area contributed by atoms with Gasteiger partial charge in [0.25, 0.3) is 0 Å². The minimum Gasteiger partial charge on any atom is -0.361 e. The number of aryl methyl sites for hydroxylation is 1. The van der Waals surface area contributed by atoms with Crippen LogP contribution in [0, 0.1) is 0 Å². The van der Waals surface area contributed by atoms with Gasteiger partial charge in [0.2, 0.25) is 5.91 Å². The number of hydrogen-bond acceptors (Lipinski definition) is 2. The SMILES string of the molecule is O=C(CCc1ccc2cc[nH]c2c1)NCc1cccs1. The van der Waals surface area contributed by atoms with Gasteiger partial charge in [-0.3, -0.25) is 4.79 Å². The Labute approximate surface area is 121 Å². The molecule has 0 fully saturated rings. The Morgan fingerprint density at radius 3 is 3.05 bits per heavy atom. The normalized spacial score (nSPS) is 10.8. The van der Waals surface area contributed by atoms with E-state index in [2.05, 4.69) is 28.5 Å². The molecule has 3 aromatic rings. The lowest BCUT2D eigenvalue weighted by molar-refractivity contribution is -0.121. The lowest BCUT2D eigenvalue weighted by Gasteiger charge is -2.04. The van der Waals surface area contributed by atoms with E-state index >= 15 is 0 Å². The summed E-state index contributed by atoms with van der Waals surface area (Å²) in [5.41, 5.74) is 2.31. The molecule has 102 valence electrons. The smallest absolute Gasteiger partial charge is 0.220 e. The molecule has 0 bridgehead atoms. The molecule has 0 spiro atoms. The topological polar surface area (TPSA) is 44.9 Å². The van der Waals surface area contributed by atoms with Crippen LogP contribution in [0.2, 0.25) is 0 Å². The van der Waals surface area contributed by atoms with E-state index in [9.17, 15) is 4.79 Å². The van der Waals surface area contributed by atoms with Crippen molar-refractivity contribution in [2.75, 3.05) is 0 Å². The summed E-state index contributed by atoms with van der Waals surface area (Å²) >= 11 is 1.66. The summed E-state index contributed by atoms with van der Waals surface area (Å²) in [6.45, 7) is 0.631. The van der Waals surface area contributed by atoms with Crippen LogP contribution in [0.1, 0.15) is 16.9 Å². The Hall–Kier alpha value is -2.07. The van der Waals surface area contributed by atoms with Crippen molar-refractivity contribution >= 4 is 28.1 Å². The lowest BCUT2D eigenvalue weighted by atomic mass is 10.1.